The van der Waals surface area contributed by atoms with Crippen molar-refractivity contribution in [2.45, 2.75) is 13.5 Å². The fraction of sp³-hybridized carbons (Fsp3) is 0.167. The number of aromatic nitrogens is 3. The summed E-state index contributed by atoms with van der Waals surface area (Å²) >= 11 is 5.10. The molecule has 1 heterocycles. The van der Waals surface area contributed by atoms with E-state index < -0.39 is 10.7 Å². The summed E-state index contributed by atoms with van der Waals surface area (Å²) in [6.45, 7) is 1.68. The number of hydrogen-bond donors (Lipinski definition) is 1. The second kappa shape index (κ2) is 8.61. The minimum Gasteiger partial charge on any atom is -0.496 e. The molecule has 3 aromatic rings. The Hall–Kier alpha value is -3.60. The van der Waals surface area contributed by atoms with Gasteiger partial charge in [0.1, 0.15) is 24.0 Å². The number of nitrogens with one attached hydrogen (secondary N) is 1. The van der Waals surface area contributed by atoms with Gasteiger partial charge in [0.15, 0.2) is 5.75 Å². The average Bonchev–Trinajstić information content (AvgIpc) is 3.02. The molecule has 0 spiro atoms. The van der Waals surface area contributed by atoms with E-state index >= 15 is 0 Å². The number of nitro benzene ring substituents is 1. The van der Waals surface area contributed by atoms with Gasteiger partial charge in [-0.2, -0.15) is 14.9 Å². The van der Waals surface area contributed by atoms with Crippen molar-refractivity contribution in [1.29, 1.82) is 0 Å². The summed E-state index contributed by atoms with van der Waals surface area (Å²) < 4.78 is 26.1. The van der Waals surface area contributed by atoms with Crippen molar-refractivity contribution in [3.8, 4) is 11.5 Å². The standard InChI is InChI=1S/C18H16FN5O4S/c1-11-21-22-18(29)23(11)20-9-12-3-6-16(27-2)13(7-12)10-28-17-8-14(19)4-5-15(17)24(25)26/h3-9H,10H2,1-2H3,(H,22,29)/b20-9+. The Morgan fingerprint density at radius 1 is 1.34 bits per heavy atom. The van der Waals surface area contributed by atoms with Crippen molar-refractivity contribution in [2.24, 2.45) is 5.10 Å². The molecule has 0 fully saturated rings. The van der Waals surface area contributed by atoms with Crippen molar-refractivity contribution < 1.29 is 18.8 Å². The van der Waals surface area contributed by atoms with Crippen molar-refractivity contribution in [2.75, 3.05) is 7.11 Å². The van der Waals surface area contributed by atoms with Crippen LogP contribution >= 0.6 is 12.2 Å². The van der Waals surface area contributed by atoms with Gasteiger partial charge >= 0.3 is 5.69 Å². The van der Waals surface area contributed by atoms with E-state index in [1.807, 2.05) is 0 Å². The largest absolute Gasteiger partial charge is 0.496 e. The number of ether oxygens (including phenoxy) is 2. The fourth-order valence-electron chi connectivity index (χ4n) is 2.53. The molecule has 0 bridgehead atoms. The second-order valence-electron chi connectivity index (χ2n) is 5.86. The number of halogens is 1. The van der Waals surface area contributed by atoms with E-state index in [4.69, 9.17) is 21.7 Å². The Labute approximate surface area is 169 Å². The van der Waals surface area contributed by atoms with E-state index in [1.54, 1.807) is 31.3 Å². The third-order valence-corrected chi connectivity index (χ3v) is 4.20. The zero-order valence-electron chi connectivity index (χ0n) is 15.5. The van der Waals surface area contributed by atoms with E-state index in [9.17, 15) is 14.5 Å². The Balaban J connectivity index is 1.86. The van der Waals surface area contributed by atoms with Crippen LogP contribution in [0.15, 0.2) is 41.5 Å². The van der Waals surface area contributed by atoms with Crippen LogP contribution in [0.3, 0.4) is 0 Å². The van der Waals surface area contributed by atoms with E-state index in [-0.39, 0.29) is 18.0 Å². The van der Waals surface area contributed by atoms with Crippen LogP contribution in [0.25, 0.3) is 0 Å². The van der Waals surface area contributed by atoms with Crippen molar-refractivity contribution >= 4 is 24.1 Å². The molecule has 0 atom stereocenters. The Bertz CT molecular complexity index is 1140. The fourth-order valence-corrected chi connectivity index (χ4v) is 2.76. The lowest BCUT2D eigenvalue weighted by Gasteiger charge is -2.11. The molecule has 3 rings (SSSR count). The second-order valence-corrected chi connectivity index (χ2v) is 6.25. The van der Waals surface area contributed by atoms with Gasteiger partial charge in [0.2, 0.25) is 4.77 Å². The summed E-state index contributed by atoms with van der Waals surface area (Å²) in [5.41, 5.74) is 0.982. The van der Waals surface area contributed by atoms with Crippen LogP contribution in [0, 0.1) is 27.6 Å². The molecule has 0 aliphatic carbocycles. The Morgan fingerprint density at radius 2 is 2.14 bits per heavy atom. The Morgan fingerprint density at radius 3 is 2.79 bits per heavy atom. The summed E-state index contributed by atoms with van der Waals surface area (Å²) in [6, 6.07) is 8.26. The third kappa shape index (κ3) is 4.63. The molecule has 1 N–H and O–H groups in total. The summed E-state index contributed by atoms with van der Waals surface area (Å²) in [5, 5.41) is 22.0. The number of nitrogens with zero attached hydrogens (tertiary/aromatic N) is 4. The number of hydrogen-bond acceptors (Lipinski definition) is 7. The van der Waals surface area contributed by atoms with Gasteiger partial charge in [0.25, 0.3) is 0 Å². The summed E-state index contributed by atoms with van der Waals surface area (Å²) in [4.78, 5) is 10.5. The molecule has 0 amide bonds. The van der Waals surface area contributed by atoms with Crippen LogP contribution in [0.5, 0.6) is 11.5 Å². The van der Waals surface area contributed by atoms with Gasteiger partial charge < -0.3 is 9.47 Å². The molecule has 1 aromatic heterocycles. The van der Waals surface area contributed by atoms with Gasteiger partial charge in [-0.05, 0) is 49.0 Å². The summed E-state index contributed by atoms with van der Waals surface area (Å²) in [6.07, 6.45) is 1.58. The first kappa shape index (κ1) is 20.1. The zero-order valence-corrected chi connectivity index (χ0v) is 16.3. The lowest BCUT2D eigenvalue weighted by atomic mass is 10.1. The highest BCUT2D eigenvalue weighted by atomic mass is 32.1. The maximum Gasteiger partial charge on any atom is 0.311 e. The van der Waals surface area contributed by atoms with E-state index in [0.717, 1.165) is 18.2 Å². The first-order valence-corrected chi connectivity index (χ1v) is 8.72. The van der Waals surface area contributed by atoms with Crippen LogP contribution in [0.2, 0.25) is 0 Å². The lowest BCUT2D eigenvalue weighted by Crippen LogP contribution is -2.03. The predicted molar refractivity (Wildman–Crippen MR) is 106 cm³/mol. The number of methoxy groups -OCH3 is 1. The zero-order chi connectivity index (χ0) is 21.0. The quantitative estimate of drug-likeness (QED) is 0.271. The molecule has 0 saturated carbocycles. The molecule has 29 heavy (non-hydrogen) atoms. The highest BCUT2D eigenvalue weighted by molar-refractivity contribution is 7.71. The molecule has 0 aliphatic rings. The first-order valence-electron chi connectivity index (χ1n) is 8.31. The topological polar surface area (TPSA) is 108 Å². The molecule has 0 saturated heterocycles. The Kier molecular flexibility index (Phi) is 5.98. The van der Waals surface area contributed by atoms with Crippen LogP contribution in [-0.4, -0.2) is 33.1 Å². The highest BCUT2D eigenvalue weighted by Gasteiger charge is 2.17. The average molecular weight is 417 g/mol. The number of aromatic amines is 1. The van der Waals surface area contributed by atoms with E-state index in [2.05, 4.69) is 15.3 Å². The number of benzene rings is 2. The molecular weight excluding hydrogens is 401 g/mol. The van der Waals surface area contributed by atoms with Gasteiger partial charge in [-0.1, -0.05) is 0 Å². The molecule has 0 aliphatic heterocycles. The highest BCUT2D eigenvalue weighted by Crippen LogP contribution is 2.29. The van der Waals surface area contributed by atoms with Gasteiger partial charge in [-0.25, -0.2) is 4.39 Å². The third-order valence-electron chi connectivity index (χ3n) is 3.94. The maximum atomic E-state index is 13.5. The van der Waals surface area contributed by atoms with E-state index in [1.165, 1.54) is 11.8 Å². The van der Waals surface area contributed by atoms with Gasteiger partial charge in [0.05, 0.1) is 18.2 Å². The number of rotatable bonds is 7. The van der Waals surface area contributed by atoms with Crippen LogP contribution < -0.4 is 9.47 Å². The molecule has 11 heteroatoms. The molecule has 9 nitrogen and oxygen atoms in total. The number of nitro groups is 1. The van der Waals surface area contributed by atoms with Crippen LogP contribution in [-0.2, 0) is 6.61 Å². The van der Waals surface area contributed by atoms with Crippen LogP contribution in [0.1, 0.15) is 17.0 Å². The summed E-state index contributed by atoms with van der Waals surface area (Å²) in [5.74, 6) is 0.307. The monoisotopic (exact) mass is 417 g/mol. The van der Waals surface area contributed by atoms with Crippen LogP contribution in [0.4, 0.5) is 10.1 Å². The normalized spacial score (nSPS) is 11.0. The van der Waals surface area contributed by atoms with Crippen molar-refractivity contribution in [3.63, 3.8) is 0 Å². The minimum atomic E-state index is -0.634. The summed E-state index contributed by atoms with van der Waals surface area (Å²) in [7, 11) is 1.49. The molecule has 150 valence electrons. The van der Waals surface area contributed by atoms with E-state index in [0.29, 0.717) is 27.5 Å². The number of aryl methyl sites for hydroxylation is 1. The maximum absolute atomic E-state index is 13.5. The van der Waals surface area contributed by atoms with Gasteiger partial charge in [-0.15, -0.1) is 0 Å². The molecule has 0 radical (unpaired) electrons. The minimum absolute atomic E-state index is 0.0701. The first-order chi connectivity index (χ1) is 13.9. The van der Waals surface area contributed by atoms with Crippen molar-refractivity contribution in [3.05, 3.63) is 74.1 Å². The molecule has 2 aromatic carbocycles. The smallest absolute Gasteiger partial charge is 0.311 e. The van der Waals surface area contributed by atoms with Crippen molar-refractivity contribution in [1.82, 2.24) is 14.9 Å². The lowest BCUT2D eigenvalue weighted by molar-refractivity contribution is -0.386. The van der Waals surface area contributed by atoms with Gasteiger partial charge in [0, 0.05) is 17.7 Å². The van der Waals surface area contributed by atoms with Gasteiger partial charge in [-0.3, -0.25) is 15.2 Å². The number of H-pyrrole nitrogens is 1. The SMILES string of the molecule is COc1ccc(/C=N/n2c(C)n[nH]c2=S)cc1COc1cc(F)ccc1[N+](=O)[O-]. The molecular formula is C18H16FN5O4S. The molecule has 0 unspecified atom stereocenters. The predicted octanol–water partition coefficient (Wildman–Crippen LogP) is 3.77.